The maximum absolute atomic E-state index is 11.9. The molecule has 1 amide bonds. The molecule has 1 fully saturated rings. The Kier molecular flexibility index (Phi) is 4.14. The number of H-pyrrole nitrogens is 1. The van der Waals surface area contributed by atoms with Crippen molar-refractivity contribution in [3.8, 4) is 0 Å². The molecule has 2 unspecified atom stereocenters. The van der Waals surface area contributed by atoms with Gasteiger partial charge < -0.3 is 16.0 Å². The van der Waals surface area contributed by atoms with Gasteiger partial charge in [-0.2, -0.15) is 0 Å². The van der Waals surface area contributed by atoms with Crippen LogP contribution in [0.3, 0.4) is 0 Å². The van der Waals surface area contributed by atoms with Crippen LogP contribution < -0.4 is 11.1 Å². The van der Waals surface area contributed by atoms with Crippen molar-refractivity contribution >= 4 is 5.91 Å². The Bertz CT molecular complexity index is 349. The average Bonchev–Trinajstić information content (AvgIpc) is 2.99. The number of amides is 1. The van der Waals surface area contributed by atoms with E-state index in [-0.39, 0.29) is 11.8 Å². The van der Waals surface area contributed by atoms with E-state index < -0.39 is 0 Å². The summed E-state index contributed by atoms with van der Waals surface area (Å²) in [6.07, 6.45) is 7.45. The Hall–Kier alpha value is -1.36. The molecule has 4 N–H and O–H groups in total. The van der Waals surface area contributed by atoms with Gasteiger partial charge in [0.1, 0.15) is 5.82 Å². The molecule has 0 bridgehead atoms. The Labute approximate surface area is 101 Å². The summed E-state index contributed by atoms with van der Waals surface area (Å²) in [5.41, 5.74) is 5.67. The number of carbonyl (C=O) groups is 1. The zero-order chi connectivity index (χ0) is 12.1. The first-order valence-corrected chi connectivity index (χ1v) is 6.27. The zero-order valence-corrected chi connectivity index (χ0v) is 9.98. The van der Waals surface area contributed by atoms with Gasteiger partial charge in [0.15, 0.2) is 0 Å². The third-order valence-corrected chi connectivity index (χ3v) is 3.51. The van der Waals surface area contributed by atoms with Crippen molar-refractivity contribution in [1.82, 2.24) is 15.3 Å². The number of nitrogens with zero attached hydrogens (tertiary/aromatic N) is 1. The Morgan fingerprint density at radius 1 is 1.59 bits per heavy atom. The number of nitrogens with two attached hydrogens (primary N) is 1. The van der Waals surface area contributed by atoms with Gasteiger partial charge in [0.25, 0.3) is 0 Å². The zero-order valence-electron chi connectivity index (χ0n) is 9.98. The second-order valence-corrected chi connectivity index (χ2v) is 4.61. The van der Waals surface area contributed by atoms with Crippen LogP contribution in [0.4, 0.5) is 0 Å². The van der Waals surface area contributed by atoms with E-state index in [2.05, 4.69) is 15.3 Å². The van der Waals surface area contributed by atoms with Gasteiger partial charge in [-0.1, -0.05) is 6.42 Å². The van der Waals surface area contributed by atoms with Crippen LogP contribution in [0, 0.1) is 11.8 Å². The second kappa shape index (κ2) is 5.82. The van der Waals surface area contributed by atoms with E-state index >= 15 is 0 Å². The van der Waals surface area contributed by atoms with E-state index in [1.54, 1.807) is 12.4 Å². The third-order valence-electron chi connectivity index (χ3n) is 3.51. The first-order valence-electron chi connectivity index (χ1n) is 6.27. The molecule has 0 radical (unpaired) electrons. The predicted molar refractivity (Wildman–Crippen MR) is 65.2 cm³/mol. The number of hydrogen-bond donors (Lipinski definition) is 3. The highest BCUT2D eigenvalue weighted by atomic mass is 16.1. The molecule has 2 atom stereocenters. The van der Waals surface area contributed by atoms with E-state index in [9.17, 15) is 4.79 Å². The summed E-state index contributed by atoms with van der Waals surface area (Å²) in [7, 11) is 0. The van der Waals surface area contributed by atoms with Gasteiger partial charge in [-0.05, 0) is 25.3 Å². The summed E-state index contributed by atoms with van der Waals surface area (Å²) in [5, 5.41) is 2.97. The molecule has 0 spiro atoms. The third kappa shape index (κ3) is 3.06. The standard InChI is InChI=1S/C12H20N4O/c13-8-9-2-1-3-10(9)12(17)16-5-4-11-14-6-7-15-11/h6-7,9-10H,1-5,8,13H2,(H,14,15)(H,16,17). The van der Waals surface area contributed by atoms with Crippen LogP contribution in [0.2, 0.25) is 0 Å². The summed E-state index contributed by atoms with van der Waals surface area (Å²) in [6, 6.07) is 0. The van der Waals surface area contributed by atoms with Crippen molar-refractivity contribution < 1.29 is 4.79 Å². The van der Waals surface area contributed by atoms with Crippen LogP contribution in [0.1, 0.15) is 25.1 Å². The maximum Gasteiger partial charge on any atom is 0.223 e. The van der Waals surface area contributed by atoms with Gasteiger partial charge in [0.2, 0.25) is 5.91 Å². The Morgan fingerprint density at radius 3 is 3.18 bits per heavy atom. The highest BCUT2D eigenvalue weighted by molar-refractivity contribution is 5.79. The van der Waals surface area contributed by atoms with Gasteiger partial charge in [0.05, 0.1) is 0 Å². The predicted octanol–water partition coefficient (Wildman–Crippen LogP) is 0.443. The molecular formula is C12H20N4O. The maximum atomic E-state index is 11.9. The molecule has 5 nitrogen and oxygen atoms in total. The second-order valence-electron chi connectivity index (χ2n) is 4.61. The molecule has 0 saturated heterocycles. The fourth-order valence-electron chi connectivity index (χ4n) is 2.53. The van der Waals surface area contributed by atoms with Crippen molar-refractivity contribution in [1.29, 1.82) is 0 Å². The number of hydrogen-bond acceptors (Lipinski definition) is 3. The van der Waals surface area contributed by atoms with Crippen molar-refractivity contribution in [2.45, 2.75) is 25.7 Å². The molecule has 0 aliphatic heterocycles. The minimum atomic E-state index is 0.122. The number of imidazole rings is 1. The molecule has 1 aliphatic rings. The summed E-state index contributed by atoms with van der Waals surface area (Å²) in [4.78, 5) is 19.1. The van der Waals surface area contributed by atoms with E-state index in [1.807, 2.05) is 0 Å². The van der Waals surface area contributed by atoms with Gasteiger partial charge in [0, 0.05) is 31.3 Å². The lowest BCUT2D eigenvalue weighted by Gasteiger charge is -2.17. The van der Waals surface area contributed by atoms with Crippen LogP contribution >= 0.6 is 0 Å². The van der Waals surface area contributed by atoms with E-state index in [0.29, 0.717) is 19.0 Å². The first kappa shape index (κ1) is 12.1. The highest BCUT2D eigenvalue weighted by Gasteiger charge is 2.31. The number of aromatic nitrogens is 2. The van der Waals surface area contributed by atoms with Crippen LogP contribution in [-0.4, -0.2) is 29.0 Å². The average molecular weight is 236 g/mol. The number of aromatic amines is 1. The number of rotatable bonds is 5. The fraction of sp³-hybridized carbons (Fsp3) is 0.667. The van der Waals surface area contributed by atoms with Crippen LogP contribution in [0.25, 0.3) is 0 Å². The highest BCUT2D eigenvalue weighted by Crippen LogP contribution is 2.30. The largest absolute Gasteiger partial charge is 0.355 e. The SMILES string of the molecule is NCC1CCCC1C(=O)NCCc1ncc[nH]1. The van der Waals surface area contributed by atoms with E-state index in [4.69, 9.17) is 5.73 Å². The topological polar surface area (TPSA) is 83.8 Å². The molecule has 5 heteroatoms. The summed E-state index contributed by atoms with van der Waals surface area (Å²) in [6.45, 7) is 1.26. The van der Waals surface area contributed by atoms with Crippen LogP contribution in [0.5, 0.6) is 0 Å². The first-order chi connectivity index (χ1) is 8.31. The quantitative estimate of drug-likeness (QED) is 0.693. The van der Waals surface area contributed by atoms with E-state index in [0.717, 1.165) is 31.5 Å². The number of nitrogens with one attached hydrogen (secondary N) is 2. The van der Waals surface area contributed by atoms with Gasteiger partial charge in [-0.15, -0.1) is 0 Å². The van der Waals surface area contributed by atoms with Crippen molar-refractivity contribution in [2.75, 3.05) is 13.1 Å². The molecule has 1 aromatic heterocycles. The van der Waals surface area contributed by atoms with Gasteiger partial charge >= 0.3 is 0 Å². The van der Waals surface area contributed by atoms with Crippen molar-refractivity contribution in [2.24, 2.45) is 17.6 Å². The fourth-order valence-corrected chi connectivity index (χ4v) is 2.53. The minimum absolute atomic E-state index is 0.122. The number of carbonyl (C=O) groups excluding carboxylic acids is 1. The summed E-state index contributed by atoms with van der Waals surface area (Å²) >= 11 is 0. The lowest BCUT2D eigenvalue weighted by atomic mass is 9.95. The van der Waals surface area contributed by atoms with Crippen molar-refractivity contribution in [3.63, 3.8) is 0 Å². The van der Waals surface area contributed by atoms with Gasteiger partial charge in [-0.25, -0.2) is 4.98 Å². The van der Waals surface area contributed by atoms with Crippen LogP contribution in [0.15, 0.2) is 12.4 Å². The summed E-state index contributed by atoms with van der Waals surface area (Å²) < 4.78 is 0. The molecule has 0 aromatic carbocycles. The normalized spacial score (nSPS) is 23.8. The minimum Gasteiger partial charge on any atom is -0.355 e. The lowest BCUT2D eigenvalue weighted by molar-refractivity contribution is -0.125. The Morgan fingerprint density at radius 2 is 2.47 bits per heavy atom. The summed E-state index contributed by atoms with van der Waals surface area (Å²) in [5.74, 6) is 1.56. The lowest BCUT2D eigenvalue weighted by Crippen LogP contribution is -2.36. The molecule has 1 heterocycles. The van der Waals surface area contributed by atoms with Crippen LogP contribution in [-0.2, 0) is 11.2 Å². The van der Waals surface area contributed by atoms with E-state index in [1.165, 1.54) is 0 Å². The monoisotopic (exact) mass is 236 g/mol. The molecule has 94 valence electrons. The van der Waals surface area contributed by atoms with Crippen molar-refractivity contribution in [3.05, 3.63) is 18.2 Å². The Balaban J connectivity index is 1.73. The molecular weight excluding hydrogens is 216 g/mol. The molecule has 1 aromatic rings. The van der Waals surface area contributed by atoms with Gasteiger partial charge in [-0.3, -0.25) is 4.79 Å². The smallest absolute Gasteiger partial charge is 0.223 e. The molecule has 1 aliphatic carbocycles. The molecule has 2 rings (SSSR count). The molecule has 1 saturated carbocycles. The molecule has 17 heavy (non-hydrogen) atoms.